The molecule has 4 rings (SSSR count). The summed E-state index contributed by atoms with van der Waals surface area (Å²) < 4.78 is 12.2. The molecule has 1 aromatic heterocycles. The third-order valence-electron chi connectivity index (χ3n) is 4.53. The van der Waals surface area contributed by atoms with Crippen LogP contribution in [0.2, 0.25) is 10.0 Å². The molecule has 1 aliphatic heterocycles. The number of para-hydroxylation sites is 1. The lowest BCUT2D eigenvalue weighted by Gasteiger charge is -2.15. The average molecular weight is 433 g/mol. The second kappa shape index (κ2) is 7.93. The molecular formula is C20H18Cl2N4O3. The van der Waals surface area contributed by atoms with Gasteiger partial charge in [-0.3, -0.25) is 4.79 Å². The van der Waals surface area contributed by atoms with E-state index in [4.69, 9.17) is 32.7 Å². The van der Waals surface area contributed by atoms with Crippen LogP contribution in [0.15, 0.2) is 36.4 Å². The van der Waals surface area contributed by atoms with Gasteiger partial charge in [0.15, 0.2) is 11.5 Å². The molecule has 0 saturated heterocycles. The van der Waals surface area contributed by atoms with Crippen molar-refractivity contribution in [1.29, 1.82) is 0 Å². The average Bonchev–Trinajstić information content (AvgIpc) is 3.33. The Kier molecular flexibility index (Phi) is 5.34. The number of halogens is 2. The van der Waals surface area contributed by atoms with Gasteiger partial charge in [-0.05, 0) is 29.8 Å². The Labute approximate surface area is 177 Å². The van der Waals surface area contributed by atoms with Crippen LogP contribution in [0.25, 0.3) is 5.69 Å². The number of carbonyl (C=O) groups excluding carboxylic acids is 1. The zero-order chi connectivity index (χ0) is 20.5. The molecule has 29 heavy (non-hydrogen) atoms. The van der Waals surface area contributed by atoms with Crippen molar-refractivity contribution in [2.75, 3.05) is 13.8 Å². The van der Waals surface area contributed by atoms with Crippen molar-refractivity contribution in [1.82, 2.24) is 19.7 Å². The highest BCUT2D eigenvalue weighted by Gasteiger charge is 2.23. The maximum Gasteiger partial charge on any atom is 0.293 e. The molecule has 0 N–H and O–H groups in total. The van der Waals surface area contributed by atoms with Crippen LogP contribution in [0, 0.1) is 0 Å². The minimum atomic E-state index is -0.306. The van der Waals surface area contributed by atoms with Gasteiger partial charge in [0.05, 0.1) is 10.0 Å². The fourth-order valence-electron chi connectivity index (χ4n) is 3.09. The summed E-state index contributed by atoms with van der Waals surface area (Å²) in [5.41, 5.74) is 1.42. The highest BCUT2D eigenvalue weighted by molar-refractivity contribution is 6.37. The van der Waals surface area contributed by atoms with Gasteiger partial charge in [0.1, 0.15) is 11.5 Å². The van der Waals surface area contributed by atoms with Gasteiger partial charge in [0.2, 0.25) is 12.6 Å². The normalized spacial score (nSPS) is 12.3. The highest BCUT2D eigenvalue weighted by atomic mass is 35.5. The minimum Gasteiger partial charge on any atom is -0.454 e. The Morgan fingerprint density at radius 2 is 1.90 bits per heavy atom. The first-order valence-electron chi connectivity index (χ1n) is 9.02. The fourth-order valence-corrected chi connectivity index (χ4v) is 3.65. The van der Waals surface area contributed by atoms with Crippen molar-refractivity contribution < 1.29 is 14.3 Å². The molecule has 7 nitrogen and oxygen atoms in total. The van der Waals surface area contributed by atoms with Crippen LogP contribution in [-0.2, 0) is 13.0 Å². The van der Waals surface area contributed by atoms with E-state index in [2.05, 4.69) is 10.1 Å². The van der Waals surface area contributed by atoms with E-state index in [1.165, 1.54) is 4.68 Å². The quantitative estimate of drug-likeness (QED) is 0.605. The van der Waals surface area contributed by atoms with Crippen molar-refractivity contribution in [3.8, 4) is 17.2 Å². The Balaban J connectivity index is 1.59. The zero-order valence-electron chi connectivity index (χ0n) is 15.9. The summed E-state index contributed by atoms with van der Waals surface area (Å²) in [5.74, 6) is 1.75. The van der Waals surface area contributed by atoms with E-state index in [0.29, 0.717) is 46.0 Å². The predicted octanol–water partition coefficient (Wildman–Crippen LogP) is 4.14. The van der Waals surface area contributed by atoms with Crippen LogP contribution >= 0.6 is 23.2 Å². The van der Waals surface area contributed by atoms with Gasteiger partial charge in [-0.1, -0.05) is 42.3 Å². The molecule has 0 bridgehead atoms. The smallest absolute Gasteiger partial charge is 0.293 e. The number of aromatic nitrogens is 3. The molecule has 9 heteroatoms. The van der Waals surface area contributed by atoms with E-state index in [0.717, 1.165) is 5.56 Å². The summed E-state index contributed by atoms with van der Waals surface area (Å²) >= 11 is 12.6. The maximum absolute atomic E-state index is 12.9. The molecule has 0 saturated carbocycles. The number of amides is 1. The van der Waals surface area contributed by atoms with Crippen molar-refractivity contribution in [2.45, 2.75) is 19.9 Å². The van der Waals surface area contributed by atoms with Crippen molar-refractivity contribution in [2.24, 2.45) is 0 Å². The number of fused-ring (bicyclic) bond motifs is 1. The second-order valence-corrected chi connectivity index (χ2v) is 7.35. The molecule has 150 valence electrons. The van der Waals surface area contributed by atoms with E-state index < -0.39 is 0 Å². The lowest BCUT2D eigenvalue weighted by Crippen LogP contribution is -2.27. The monoisotopic (exact) mass is 432 g/mol. The molecule has 0 spiro atoms. The van der Waals surface area contributed by atoms with Crippen LogP contribution in [-0.4, -0.2) is 39.4 Å². The Morgan fingerprint density at radius 1 is 1.17 bits per heavy atom. The number of ether oxygens (including phenoxy) is 2. The molecule has 0 unspecified atom stereocenters. The minimum absolute atomic E-state index is 0.0843. The standard InChI is InChI=1S/C20H18Cl2N4O3/c1-3-17-23-19(24-26(17)18-13(21)5-4-6-14(18)22)20(27)25(2)10-12-7-8-15-16(9-12)29-11-28-15/h4-9H,3,10-11H2,1-2H3. The Bertz CT molecular complexity index is 1060. The first-order valence-corrected chi connectivity index (χ1v) is 9.77. The molecule has 2 heterocycles. The summed E-state index contributed by atoms with van der Waals surface area (Å²) in [6.45, 7) is 2.51. The van der Waals surface area contributed by atoms with Gasteiger partial charge in [0.25, 0.3) is 5.91 Å². The highest BCUT2D eigenvalue weighted by Crippen LogP contribution is 2.33. The maximum atomic E-state index is 12.9. The van der Waals surface area contributed by atoms with Crippen molar-refractivity contribution in [3.05, 3.63) is 63.7 Å². The van der Waals surface area contributed by atoms with Gasteiger partial charge in [-0.15, -0.1) is 5.10 Å². The largest absolute Gasteiger partial charge is 0.454 e. The van der Waals surface area contributed by atoms with Gasteiger partial charge in [0, 0.05) is 20.0 Å². The summed E-state index contributed by atoms with van der Waals surface area (Å²) in [7, 11) is 1.70. The molecule has 1 amide bonds. The molecule has 1 aliphatic rings. The molecular weight excluding hydrogens is 415 g/mol. The van der Waals surface area contributed by atoms with Gasteiger partial charge in [-0.2, -0.15) is 0 Å². The van der Waals surface area contributed by atoms with Crippen LogP contribution < -0.4 is 9.47 Å². The van der Waals surface area contributed by atoms with E-state index in [9.17, 15) is 4.79 Å². The molecule has 0 radical (unpaired) electrons. The van der Waals surface area contributed by atoms with E-state index in [1.54, 1.807) is 30.1 Å². The zero-order valence-corrected chi connectivity index (χ0v) is 17.4. The van der Waals surface area contributed by atoms with E-state index >= 15 is 0 Å². The molecule has 0 fully saturated rings. The Morgan fingerprint density at radius 3 is 2.62 bits per heavy atom. The number of benzene rings is 2. The summed E-state index contributed by atoms with van der Waals surface area (Å²) in [6.07, 6.45) is 0.563. The first-order chi connectivity index (χ1) is 14.0. The van der Waals surface area contributed by atoms with Gasteiger partial charge >= 0.3 is 0 Å². The second-order valence-electron chi connectivity index (χ2n) is 6.54. The molecule has 0 atom stereocenters. The first kappa shape index (κ1) is 19.5. The topological polar surface area (TPSA) is 69.5 Å². The number of hydrogen-bond donors (Lipinski definition) is 0. The predicted molar refractivity (Wildman–Crippen MR) is 109 cm³/mol. The summed E-state index contributed by atoms with van der Waals surface area (Å²) in [4.78, 5) is 18.9. The molecule has 3 aromatic rings. The van der Waals surface area contributed by atoms with E-state index in [-0.39, 0.29) is 18.5 Å². The van der Waals surface area contributed by atoms with E-state index in [1.807, 2.05) is 25.1 Å². The summed E-state index contributed by atoms with van der Waals surface area (Å²) in [6, 6.07) is 10.8. The number of hydrogen-bond acceptors (Lipinski definition) is 5. The third-order valence-corrected chi connectivity index (χ3v) is 5.14. The van der Waals surface area contributed by atoms with Gasteiger partial charge in [-0.25, -0.2) is 9.67 Å². The SMILES string of the molecule is CCc1nc(C(=O)N(C)Cc2ccc3c(c2)OCO3)nn1-c1c(Cl)cccc1Cl. The van der Waals surface area contributed by atoms with Gasteiger partial charge < -0.3 is 14.4 Å². The third kappa shape index (κ3) is 3.75. The van der Waals surface area contributed by atoms with Crippen molar-refractivity contribution in [3.63, 3.8) is 0 Å². The van der Waals surface area contributed by atoms with Crippen LogP contribution in [0.5, 0.6) is 11.5 Å². The number of rotatable bonds is 5. The number of carbonyl (C=O) groups is 1. The number of nitrogens with zero attached hydrogens (tertiary/aromatic N) is 4. The lowest BCUT2D eigenvalue weighted by molar-refractivity contribution is 0.0773. The lowest BCUT2D eigenvalue weighted by atomic mass is 10.2. The van der Waals surface area contributed by atoms with Crippen LogP contribution in [0.3, 0.4) is 0 Å². The van der Waals surface area contributed by atoms with Crippen LogP contribution in [0.1, 0.15) is 28.9 Å². The molecule has 0 aliphatic carbocycles. The van der Waals surface area contributed by atoms with Crippen LogP contribution in [0.4, 0.5) is 0 Å². The molecule has 2 aromatic carbocycles. The Hall–Kier alpha value is -2.77. The van der Waals surface area contributed by atoms with Crippen molar-refractivity contribution >= 4 is 29.1 Å². The summed E-state index contributed by atoms with van der Waals surface area (Å²) in [5, 5.41) is 5.26. The fraction of sp³-hybridized carbons (Fsp3) is 0.250. The number of aryl methyl sites for hydroxylation is 1.